The molecule has 0 aliphatic rings. The first kappa shape index (κ1) is 17.8. The number of aliphatic hydroxyl groups is 3. The van der Waals surface area contributed by atoms with E-state index in [1.54, 1.807) is 6.92 Å². The van der Waals surface area contributed by atoms with Crippen LogP contribution in [-0.2, 0) is 10.1 Å². The van der Waals surface area contributed by atoms with Crippen molar-refractivity contribution < 1.29 is 28.3 Å². The molecular weight excluding hydrogens is 260 g/mol. The first-order valence-electron chi connectivity index (χ1n) is 6.10. The third kappa shape index (κ3) is 7.99. The largest absolute Gasteiger partial charge is 0.396 e. The third-order valence-electron chi connectivity index (χ3n) is 3.12. The Morgan fingerprint density at radius 2 is 1.61 bits per heavy atom. The van der Waals surface area contributed by atoms with Gasteiger partial charge < -0.3 is 15.3 Å². The highest BCUT2D eigenvalue weighted by Crippen LogP contribution is 2.37. The van der Waals surface area contributed by atoms with Crippen molar-refractivity contribution >= 4 is 10.1 Å². The summed E-state index contributed by atoms with van der Waals surface area (Å²) in [6.07, 6.45) is 1.26. The van der Waals surface area contributed by atoms with Crippen molar-refractivity contribution in [3.63, 3.8) is 0 Å². The van der Waals surface area contributed by atoms with Gasteiger partial charge >= 0.3 is 0 Å². The summed E-state index contributed by atoms with van der Waals surface area (Å²) in [6.45, 7) is 1.45. The molecular formula is C11H24O6S. The van der Waals surface area contributed by atoms with Gasteiger partial charge in [0.05, 0.1) is 11.9 Å². The molecule has 0 aromatic carbocycles. The molecule has 0 aromatic heterocycles. The molecule has 1 atom stereocenters. The minimum atomic E-state index is -3.99. The smallest absolute Gasteiger partial charge is 0.264 e. The van der Waals surface area contributed by atoms with Crippen molar-refractivity contribution in [1.29, 1.82) is 0 Å². The second kappa shape index (κ2) is 8.06. The van der Waals surface area contributed by atoms with Gasteiger partial charge in [0.15, 0.2) is 0 Å². The van der Waals surface area contributed by atoms with Crippen LogP contribution < -0.4 is 0 Å². The monoisotopic (exact) mass is 284 g/mol. The average molecular weight is 284 g/mol. The van der Waals surface area contributed by atoms with E-state index in [-0.39, 0.29) is 25.4 Å². The Morgan fingerprint density at radius 1 is 1.11 bits per heavy atom. The van der Waals surface area contributed by atoms with E-state index in [4.69, 9.17) is 14.8 Å². The van der Waals surface area contributed by atoms with Crippen LogP contribution in [0.5, 0.6) is 0 Å². The summed E-state index contributed by atoms with van der Waals surface area (Å²) in [4.78, 5) is 0. The van der Waals surface area contributed by atoms with Crippen LogP contribution in [0.1, 0.15) is 39.0 Å². The van der Waals surface area contributed by atoms with Crippen molar-refractivity contribution in [3.05, 3.63) is 0 Å². The van der Waals surface area contributed by atoms with Crippen LogP contribution in [0.3, 0.4) is 0 Å². The molecule has 0 aliphatic heterocycles. The highest BCUT2D eigenvalue weighted by Gasteiger charge is 2.30. The van der Waals surface area contributed by atoms with Crippen LogP contribution in [0.25, 0.3) is 0 Å². The Balaban J connectivity index is 4.60. The number of rotatable bonds is 10. The molecule has 1 unspecified atom stereocenters. The van der Waals surface area contributed by atoms with Crippen molar-refractivity contribution in [2.45, 2.75) is 45.1 Å². The second-order valence-corrected chi connectivity index (χ2v) is 6.46. The first-order chi connectivity index (χ1) is 8.24. The summed E-state index contributed by atoms with van der Waals surface area (Å²) in [6, 6.07) is 0. The molecule has 0 saturated heterocycles. The van der Waals surface area contributed by atoms with E-state index in [0.29, 0.717) is 25.7 Å². The fraction of sp³-hybridized carbons (Fsp3) is 1.00. The second-order valence-electron chi connectivity index (χ2n) is 4.89. The van der Waals surface area contributed by atoms with E-state index in [1.807, 2.05) is 0 Å². The predicted molar refractivity (Wildman–Crippen MR) is 67.8 cm³/mol. The topological polar surface area (TPSA) is 115 Å². The molecule has 0 heterocycles. The Labute approximate surface area is 108 Å². The van der Waals surface area contributed by atoms with Gasteiger partial charge in [0, 0.05) is 13.2 Å². The highest BCUT2D eigenvalue weighted by atomic mass is 32.2. The van der Waals surface area contributed by atoms with Crippen LogP contribution in [0.15, 0.2) is 0 Å². The fourth-order valence-corrected chi connectivity index (χ4v) is 2.92. The van der Waals surface area contributed by atoms with Gasteiger partial charge in [-0.15, -0.1) is 0 Å². The van der Waals surface area contributed by atoms with Gasteiger partial charge in [-0.25, -0.2) is 0 Å². The third-order valence-corrected chi connectivity index (χ3v) is 3.93. The standard InChI is InChI=1S/C11H24O6S/c1-10(14)9-11(4-6-12,5-7-13)3-2-8-18(15,16)17/h10,12-14H,2-9H2,1H3,(H,15,16,17). The highest BCUT2D eigenvalue weighted by molar-refractivity contribution is 7.85. The zero-order chi connectivity index (χ0) is 14.2. The first-order valence-corrected chi connectivity index (χ1v) is 7.70. The van der Waals surface area contributed by atoms with Crippen LogP contribution in [0.4, 0.5) is 0 Å². The summed E-state index contributed by atoms with van der Waals surface area (Å²) < 4.78 is 30.0. The minimum absolute atomic E-state index is 0.0847. The zero-order valence-corrected chi connectivity index (χ0v) is 11.6. The Bertz CT molecular complexity index is 305. The summed E-state index contributed by atoms with van der Waals surface area (Å²) >= 11 is 0. The Kier molecular flexibility index (Phi) is 7.97. The molecule has 0 rings (SSSR count). The summed E-state index contributed by atoms with van der Waals surface area (Å²) in [5.41, 5.74) is -0.484. The van der Waals surface area contributed by atoms with Crippen LogP contribution in [0, 0.1) is 5.41 Å². The molecule has 7 heteroatoms. The van der Waals surface area contributed by atoms with Gasteiger partial charge in [0.25, 0.3) is 10.1 Å². The summed E-state index contributed by atoms with van der Waals surface area (Å²) in [5.74, 6) is -0.342. The van der Waals surface area contributed by atoms with E-state index in [0.717, 1.165) is 0 Å². The maximum Gasteiger partial charge on any atom is 0.264 e. The summed E-state index contributed by atoms with van der Waals surface area (Å²) in [5, 5.41) is 27.6. The van der Waals surface area contributed by atoms with Gasteiger partial charge in [-0.3, -0.25) is 4.55 Å². The molecule has 0 spiro atoms. The Morgan fingerprint density at radius 3 is 1.94 bits per heavy atom. The van der Waals surface area contributed by atoms with Crippen LogP contribution >= 0.6 is 0 Å². The SMILES string of the molecule is CC(O)CC(CCO)(CCO)CCCS(=O)(=O)O. The average Bonchev–Trinajstić information content (AvgIpc) is 2.14. The molecule has 110 valence electrons. The number of hydrogen-bond donors (Lipinski definition) is 4. The van der Waals surface area contributed by atoms with E-state index in [1.165, 1.54) is 0 Å². The van der Waals surface area contributed by atoms with E-state index >= 15 is 0 Å². The lowest BCUT2D eigenvalue weighted by atomic mass is 9.73. The minimum Gasteiger partial charge on any atom is -0.396 e. The molecule has 4 N–H and O–H groups in total. The molecule has 0 amide bonds. The molecule has 0 bridgehead atoms. The molecule has 0 aliphatic carbocycles. The quantitative estimate of drug-likeness (QED) is 0.425. The van der Waals surface area contributed by atoms with E-state index in [2.05, 4.69) is 0 Å². The zero-order valence-electron chi connectivity index (χ0n) is 10.7. The van der Waals surface area contributed by atoms with Gasteiger partial charge in [-0.1, -0.05) is 0 Å². The van der Waals surface area contributed by atoms with Crippen molar-refractivity contribution in [1.82, 2.24) is 0 Å². The fourth-order valence-electron chi connectivity index (χ4n) is 2.41. The molecule has 0 radical (unpaired) electrons. The molecule has 0 aromatic rings. The normalized spacial score (nSPS) is 14.7. The number of aliphatic hydroxyl groups excluding tert-OH is 3. The number of hydrogen-bond acceptors (Lipinski definition) is 5. The van der Waals surface area contributed by atoms with Gasteiger partial charge in [-0.2, -0.15) is 8.42 Å². The molecule has 0 saturated carbocycles. The molecule has 0 fully saturated rings. The van der Waals surface area contributed by atoms with Gasteiger partial charge in [-0.05, 0) is 44.4 Å². The molecule has 6 nitrogen and oxygen atoms in total. The van der Waals surface area contributed by atoms with Crippen molar-refractivity contribution in [2.75, 3.05) is 19.0 Å². The van der Waals surface area contributed by atoms with Gasteiger partial charge in [0.1, 0.15) is 0 Å². The predicted octanol–water partition coefficient (Wildman–Crippen LogP) is 0.177. The lowest BCUT2D eigenvalue weighted by molar-refractivity contribution is 0.0579. The van der Waals surface area contributed by atoms with Gasteiger partial charge in [0.2, 0.25) is 0 Å². The van der Waals surface area contributed by atoms with Crippen molar-refractivity contribution in [2.24, 2.45) is 5.41 Å². The lowest BCUT2D eigenvalue weighted by Gasteiger charge is -2.34. The maximum atomic E-state index is 10.7. The van der Waals surface area contributed by atoms with E-state index in [9.17, 15) is 13.5 Å². The maximum absolute atomic E-state index is 10.7. The van der Waals surface area contributed by atoms with Crippen LogP contribution in [0.2, 0.25) is 0 Å². The summed E-state index contributed by atoms with van der Waals surface area (Å²) in [7, 11) is -3.99. The van der Waals surface area contributed by atoms with E-state index < -0.39 is 21.6 Å². The molecule has 18 heavy (non-hydrogen) atoms. The van der Waals surface area contributed by atoms with Crippen molar-refractivity contribution in [3.8, 4) is 0 Å². The Hall–Kier alpha value is -0.210. The lowest BCUT2D eigenvalue weighted by Crippen LogP contribution is -2.29. The van der Waals surface area contributed by atoms with Crippen LogP contribution in [-0.4, -0.2) is 53.4 Å².